The molecule has 0 radical (unpaired) electrons. The van der Waals surface area contributed by atoms with Crippen LogP contribution in [-0.2, 0) is 29.1 Å². The summed E-state index contributed by atoms with van der Waals surface area (Å²) in [5, 5.41) is 0. The van der Waals surface area contributed by atoms with Crippen molar-refractivity contribution in [3.8, 4) is 0 Å². The van der Waals surface area contributed by atoms with Gasteiger partial charge in [-0.05, 0) is 48.1 Å². The molecule has 1 atom stereocenters. The second-order valence-corrected chi connectivity index (χ2v) is 8.30. The molecule has 2 aromatic rings. The van der Waals surface area contributed by atoms with Crippen LogP contribution in [0.4, 0.5) is 4.39 Å². The number of amides is 2. The zero-order chi connectivity index (χ0) is 21.1. The molecular weight excluding hydrogens is 381 g/mol. The molecule has 5 nitrogen and oxygen atoms in total. The van der Waals surface area contributed by atoms with Crippen molar-refractivity contribution in [2.75, 3.05) is 26.7 Å². The Morgan fingerprint density at radius 1 is 1.03 bits per heavy atom. The van der Waals surface area contributed by atoms with Gasteiger partial charge in [-0.15, -0.1) is 0 Å². The molecular formula is C24H28FN3O2. The van der Waals surface area contributed by atoms with Crippen LogP contribution in [0.25, 0.3) is 0 Å². The van der Waals surface area contributed by atoms with Gasteiger partial charge in [0.25, 0.3) is 0 Å². The maximum absolute atomic E-state index is 13.2. The molecule has 1 saturated heterocycles. The minimum Gasteiger partial charge on any atom is -0.341 e. The molecule has 0 spiro atoms. The lowest BCUT2D eigenvalue weighted by molar-refractivity contribution is -0.139. The number of likely N-dealkylation sites (N-methyl/N-ethyl adjacent to an activating group) is 1. The van der Waals surface area contributed by atoms with E-state index >= 15 is 0 Å². The number of benzene rings is 2. The predicted octanol–water partition coefficient (Wildman–Crippen LogP) is 2.83. The number of likely N-dealkylation sites (tertiary alicyclic amines) is 1. The van der Waals surface area contributed by atoms with Crippen molar-refractivity contribution in [2.24, 2.45) is 0 Å². The fourth-order valence-corrected chi connectivity index (χ4v) is 4.38. The van der Waals surface area contributed by atoms with Crippen LogP contribution in [0.5, 0.6) is 0 Å². The first-order valence-corrected chi connectivity index (χ1v) is 10.6. The molecule has 158 valence electrons. The van der Waals surface area contributed by atoms with Crippen molar-refractivity contribution < 1.29 is 14.0 Å². The van der Waals surface area contributed by atoms with E-state index in [1.54, 1.807) is 24.1 Å². The topological polar surface area (TPSA) is 43.9 Å². The van der Waals surface area contributed by atoms with Gasteiger partial charge in [0.2, 0.25) is 11.8 Å². The van der Waals surface area contributed by atoms with Crippen molar-refractivity contribution in [3.63, 3.8) is 0 Å². The molecule has 30 heavy (non-hydrogen) atoms. The molecule has 0 aliphatic carbocycles. The number of rotatable bonds is 5. The Morgan fingerprint density at radius 3 is 2.40 bits per heavy atom. The number of halogens is 1. The normalized spacial score (nSPS) is 18.9. The molecule has 2 aromatic carbocycles. The Kier molecular flexibility index (Phi) is 6.13. The quantitative estimate of drug-likeness (QED) is 0.763. The number of hydrogen-bond donors (Lipinski definition) is 0. The molecule has 2 heterocycles. The summed E-state index contributed by atoms with van der Waals surface area (Å²) < 4.78 is 13.1. The number of carbonyl (C=O) groups is 2. The predicted molar refractivity (Wildman–Crippen MR) is 113 cm³/mol. The smallest absolute Gasteiger partial charge is 0.240 e. The van der Waals surface area contributed by atoms with E-state index in [0.717, 1.165) is 31.5 Å². The summed E-state index contributed by atoms with van der Waals surface area (Å²) in [5.74, 6) is -0.197. The van der Waals surface area contributed by atoms with Crippen LogP contribution in [0.1, 0.15) is 29.5 Å². The van der Waals surface area contributed by atoms with Gasteiger partial charge in [0.15, 0.2) is 0 Å². The van der Waals surface area contributed by atoms with E-state index in [-0.39, 0.29) is 30.2 Å². The first kappa shape index (κ1) is 20.5. The van der Waals surface area contributed by atoms with E-state index in [0.29, 0.717) is 19.5 Å². The molecule has 0 N–H and O–H groups in total. The average molecular weight is 410 g/mol. The minimum absolute atomic E-state index is 0.0436. The van der Waals surface area contributed by atoms with Crippen LogP contribution < -0.4 is 0 Å². The molecule has 2 amide bonds. The number of nitrogens with zero attached hydrogens (tertiary/aromatic N) is 3. The SMILES string of the molecule is CN(Cc1ccc(F)cc1)C(=O)CN1Cc2ccccc2CC1C(=O)N1CCCC1. The zero-order valence-electron chi connectivity index (χ0n) is 17.4. The Balaban J connectivity index is 1.48. The van der Waals surface area contributed by atoms with Gasteiger partial charge in [-0.25, -0.2) is 4.39 Å². The Hall–Kier alpha value is -2.73. The fraction of sp³-hybridized carbons (Fsp3) is 0.417. The van der Waals surface area contributed by atoms with Crippen molar-refractivity contribution in [1.82, 2.24) is 14.7 Å². The lowest BCUT2D eigenvalue weighted by Crippen LogP contribution is -2.53. The van der Waals surface area contributed by atoms with Crippen LogP contribution >= 0.6 is 0 Å². The van der Waals surface area contributed by atoms with E-state index in [1.165, 1.54) is 23.3 Å². The summed E-state index contributed by atoms with van der Waals surface area (Å²) in [5.41, 5.74) is 3.25. The van der Waals surface area contributed by atoms with E-state index in [2.05, 4.69) is 12.1 Å². The monoisotopic (exact) mass is 409 g/mol. The molecule has 4 rings (SSSR count). The van der Waals surface area contributed by atoms with Gasteiger partial charge in [-0.1, -0.05) is 36.4 Å². The van der Waals surface area contributed by atoms with E-state index in [1.807, 2.05) is 21.9 Å². The lowest BCUT2D eigenvalue weighted by atomic mass is 9.93. The highest BCUT2D eigenvalue weighted by Gasteiger charge is 2.36. The Morgan fingerprint density at radius 2 is 1.70 bits per heavy atom. The Bertz CT molecular complexity index is 909. The molecule has 2 aliphatic heterocycles. The van der Waals surface area contributed by atoms with E-state index in [4.69, 9.17) is 0 Å². The second-order valence-electron chi connectivity index (χ2n) is 8.30. The molecule has 1 unspecified atom stereocenters. The summed E-state index contributed by atoms with van der Waals surface area (Å²) in [6.07, 6.45) is 2.74. The lowest BCUT2D eigenvalue weighted by Gasteiger charge is -2.38. The molecule has 0 saturated carbocycles. The van der Waals surface area contributed by atoms with Crippen LogP contribution in [0.2, 0.25) is 0 Å². The molecule has 0 bridgehead atoms. The maximum atomic E-state index is 13.2. The van der Waals surface area contributed by atoms with Crippen molar-refractivity contribution in [2.45, 2.75) is 38.4 Å². The number of carbonyl (C=O) groups excluding carboxylic acids is 2. The highest BCUT2D eigenvalue weighted by atomic mass is 19.1. The minimum atomic E-state index is -0.304. The van der Waals surface area contributed by atoms with Gasteiger partial charge in [-0.3, -0.25) is 14.5 Å². The van der Waals surface area contributed by atoms with E-state index < -0.39 is 0 Å². The van der Waals surface area contributed by atoms with Crippen molar-refractivity contribution >= 4 is 11.8 Å². The largest absolute Gasteiger partial charge is 0.341 e. The standard InChI is InChI=1S/C24H28FN3O2/c1-26(15-18-8-10-21(25)11-9-18)23(29)17-28-16-20-7-3-2-6-19(20)14-22(28)24(30)27-12-4-5-13-27/h2-3,6-11,22H,4-5,12-17H2,1H3. The molecule has 1 fully saturated rings. The summed E-state index contributed by atoms with van der Waals surface area (Å²) in [6, 6.07) is 14.0. The Labute approximate surface area is 177 Å². The molecule has 6 heteroatoms. The van der Waals surface area contributed by atoms with Crippen LogP contribution in [0, 0.1) is 5.82 Å². The van der Waals surface area contributed by atoms with Crippen LogP contribution in [0.3, 0.4) is 0 Å². The van der Waals surface area contributed by atoms with Gasteiger partial charge < -0.3 is 9.80 Å². The van der Waals surface area contributed by atoms with E-state index in [9.17, 15) is 14.0 Å². The second kappa shape index (κ2) is 8.96. The van der Waals surface area contributed by atoms with Gasteiger partial charge >= 0.3 is 0 Å². The summed E-state index contributed by atoms with van der Waals surface area (Å²) in [6.45, 7) is 2.81. The van der Waals surface area contributed by atoms with Gasteiger partial charge in [0.1, 0.15) is 5.82 Å². The third kappa shape index (κ3) is 4.54. The molecule has 0 aromatic heterocycles. The summed E-state index contributed by atoms with van der Waals surface area (Å²) >= 11 is 0. The highest BCUT2D eigenvalue weighted by molar-refractivity contribution is 5.84. The summed E-state index contributed by atoms with van der Waals surface area (Å²) in [7, 11) is 1.75. The first-order valence-electron chi connectivity index (χ1n) is 10.6. The first-order chi connectivity index (χ1) is 14.5. The fourth-order valence-electron chi connectivity index (χ4n) is 4.38. The van der Waals surface area contributed by atoms with Crippen LogP contribution in [0.15, 0.2) is 48.5 Å². The molecule has 2 aliphatic rings. The number of hydrogen-bond acceptors (Lipinski definition) is 3. The van der Waals surface area contributed by atoms with Gasteiger partial charge in [-0.2, -0.15) is 0 Å². The maximum Gasteiger partial charge on any atom is 0.240 e. The third-order valence-electron chi connectivity index (χ3n) is 6.15. The average Bonchev–Trinajstić information content (AvgIpc) is 3.29. The van der Waals surface area contributed by atoms with Crippen LogP contribution in [-0.4, -0.2) is 59.2 Å². The van der Waals surface area contributed by atoms with Gasteiger partial charge in [0, 0.05) is 33.2 Å². The number of fused-ring (bicyclic) bond motifs is 1. The third-order valence-corrected chi connectivity index (χ3v) is 6.15. The van der Waals surface area contributed by atoms with Crippen molar-refractivity contribution in [1.29, 1.82) is 0 Å². The zero-order valence-corrected chi connectivity index (χ0v) is 17.4. The highest BCUT2D eigenvalue weighted by Crippen LogP contribution is 2.25. The summed E-state index contributed by atoms with van der Waals surface area (Å²) in [4.78, 5) is 31.8. The van der Waals surface area contributed by atoms with Crippen molar-refractivity contribution in [3.05, 3.63) is 71.0 Å². The van der Waals surface area contributed by atoms with Gasteiger partial charge in [0.05, 0.1) is 12.6 Å².